The third-order valence-corrected chi connectivity index (χ3v) is 6.79. The number of alkyl halides is 3. The molecule has 0 saturated heterocycles. The van der Waals surface area contributed by atoms with Gasteiger partial charge in [0.2, 0.25) is 5.91 Å². The standard InChI is InChI=1S/C22H22ClF4N3O3/c1-21(20(32)33)8-12(9-21)6-18(31)29-5-4-15-17(11-29)30(28-19(15)22(25,26)27)10-13-2-3-14(23)7-16(13)24/h2-3,7,12H,4-6,8-11H2,1H3,(H,32,33). The van der Waals surface area contributed by atoms with E-state index < -0.39 is 29.1 Å². The molecular formula is C22H22ClF4N3O3. The number of fused-ring (bicyclic) bond motifs is 1. The van der Waals surface area contributed by atoms with E-state index in [4.69, 9.17) is 11.6 Å². The van der Waals surface area contributed by atoms with Crippen LogP contribution in [0.5, 0.6) is 0 Å². The van der Waals surface area contributed by atoms with E-state index in [9.17, 15) is 32.3 Å². The molecule has 1 saturated carbocycles. The number of benzene rings is 1. The van der Waals surface area contributed by atoms with Gasteiger partial charge in [-0.25, -0.2) is 4.39 Å². The molecule has 1 amide bonds. The molecule has 6 nitrogen and oxygen atoms in total. The van der Waals surface area contributed by atoms with Crippen molar-refractivity contribution in [2.75, 3.05) is 6.54 Å². The molecular weight excluding hydrogens is 466 g/mol. The van der Waals surface area contributed by atoms with Gasteiger partial charge in [0.05, 0.1) is 24.2 Å². The van der Waals surface area contributed by atoms with Gasteiger partial charge in [0.25, 0.3) is 0 Å². The highest BCUT2D eigenvalue weighted by Gasteiger charge is 2.47. The van der Waals surface area contributed by atoms with Gasteiger partial charge in [-0.1, -0.05) is 17.7 Å². The van der Waals surface area contributed by atoms with E-state index in [2.05, 4.69) is 5.10 Å². The van der Waals surface area contributed by atoms with Crippen molar-refractivity contribution in [1.29, 1.82) is 0 Å². The Labute approximate surface area is 192 Å². The predicted octanol–water partition coefficient (Wildman–Crippen LogP) is 4.52. The molecule has 178 valence electrons. The maximum Gasteiger partial charge on any atom is 0.435 e. The fourth-order valence-corrected chi connectivity index (χ4v) is 4.93. The number of nitrogens with zero attached hydrogens (tertiary/aromatic N) is 3. The second kappa shape index (κ2) is 8.30. The lowest BCUT2D eigenvalue weighted by Gasteiger charge is -2.42. The molecule has 1 aromatic heterocycles. The highest BCUT2D eigenvalue weighted by atomic mass is 35.5. The van der Waals surface area contributed by atoms with Crippen LogP contribution in [0.3, 0.4) is 0 Å². The Morgan fingerprint density at radius 3 is 2.61 bits per heavy atom. The molecule has 0 radical (unpaired) electrons. The molecule has 2 aliphatic rings. The van der Waals surface area contributed by atoms with Crippen LogP contribution in [0.4, 0.5) is 17.6 Å². The molecule has 0 unspecified atom stereocenters. The first-order valence-corrected chi connectivity index (χ1v) is 10.9. The largest absolute Gasteiger partial charge is 0.481 e. The number of carbonyl (C=O) groups is 2. The van der Waals surface area contributed by atoms with E-state index >= 15 is 0 Å². The summed E-state index contributed by atoms with van der Waals surface area (Å²) in [7, 11) is 0. The summed E-state index contributed by atoms with van der Waals surface area (Å²) < 4.78 is 56.1. The molecule has 1 N–H and O–H groups in total. The van der Waals surface area contributed by atoms with Crippen LogP contribution in [0.15, 0.2) is 18.2 Å². The Morgan fingerprint density at radius 1 is 1.30 bits per heavy atom. The summed E-state index contributed by atoms with van der Waals surface area (Å²) in [6, 6.07) is 3.91. The summed E-state index contributed by atoms with van der Waals surface area (Å²) in [5.41, 5.74) is -1.48. The Hall–Kier alpha value is -2.62. The summed E-state index contributed by atoms with van der Waals surface area (Å²) in [6.07, 6.45) is -3.77. The van der Waals surface area contributed by atoms with E-state index in [1.54, 1.807) is 6.92 Å². The third kappa shape index (κ3) is 4.58. The normalized spacial score (nSPS) is 22.6. The van der Waals surface area contributed by atoms with Crippen molar-refractivity contribution in [2.24, 2.45) is 11.3 Å². The third-order valence-electron chi connectivity index (χ3n) is 6.55. The molecule has 0 bridgehead atoms. The van der Waals surface area contributed by atoms with Crippen LogP contribution in [-0.4, -0.2) is 38.2 Å². The molecule has 4 rings (SSSR count). The van der Waals surface area contributed by atoms with Gasteiger partial charge in [0.15, 0.2) is 5.69 Å². The van der Waals surface area contributed by atoms with Gasteiger partial charge in [-0.2, -0.15) is 18.3 Å². The minimum Gasteiger partial charge on any atom is -0.481 e. The quantitative estimate of drug-likeness (QED) is 0.629. The summed E-state index contributed by atoms with van der Waals surface area (Å²) >= 11 is 5.76. The van der Waals surface area contributed by atoms with Gasteiger partial charge in [-0.15, -0.1) is 0 Å². The Kier molecular flexibility index (Phi) is 5.92. The zero-order valence-corrected chi connectivity index (χ0v) is 18.5. The molecule has 0 spiro atoms. The number of aromatic nitrogens is 2. The van der Waals surface area contributed by atoms with Crippen LogP contribution in [0.25, 0.3) is 0 Å². The lowest BCUT2D eigenvalue weighted by molar-refractivity contribution is -0.158. The first-order valence-electron chi connectivity index (χ1n) is 10.5. The number of amides is 1. The van der Waals surface area contributed by atoms with E-state index in [1.165, 1.54) is 17.0 Å². The minimum atomic E-state index is -4.67. The zero-order chi connectivity index (χ0) is 24.1. The smallest absolute Gasteiger partial charge is 0.435 e. The van der Waals surface area contributed by atoms with Crippen LogP contribution >= 0.6 is 11.6 Å². The summed E-state index contributed by atoms with van der Waals surface area (Å²) in [6.45, 7) is 1.44. The highest BCUT2D eigenvalue weighted by Crippen LogP contribution is 2.47. The molecule has 1 fully saturated rings. The maximum atomic E-state index is 14.3. The van der Waals surface area contributed by atoms with E-state index in [-0.39, 0.29) is 66.1 Å². The average molecular weight is 488 g/mol. The topological polar surface area (TPSA) is 75.4 Å². The maximum absolute atomic E-state index is 14.3. The second-order valence-electron chi connectivity index (χ2n) is 9.07. The van der Waals surface area contributed by atoms with E-state index in [1.807, 2.05) is 0 Å². The van der Waals surface area contributed by atoms with Gasteiger partial charge in [-0.3, -0.25) is 14.3 Å². The number of rotatable bonds is 5. The number of aliphatic carboxylic acids is 1. The summed E-state index contributed by atoms with van der Waals surface area (Å²) in [5.74, 6) is -1.86. The number of hydrogen-bond donors (Lipinski definition) is 1. The molecule has 2 aromatic rings. The minimum absolute atomic E-state index is 0.0167. The Bertz CT molecular complexity index is 1110. The van der Waals surface area contributed by atoms with Crippen molar-refractivity contribution in [3.8, 4) is 0 Å². The number of halogens is 5. The number of hydrogen-bond acceptors (Lipinski definition) is 3. The van der Waals surface area contributed by atoms with Crippen LogP contribution in [0, 0.1) is 17.2 Å². The highest BCUT2D eigenvalue weighted by molar-refractivity contribution is 6.30. The number of carboxylic acids is 1. The second-order valence-corrected chi connectivity index (χ2v) is 9.51. The lowest BCUT2D eigenvalue weighted by Crippen LogP contribution is -2.44. The van der Waals surface area contributed by atoms with Crippen molar-refractivity contribution in [1.82, 2.24) is 14.7 Å². The van der Waals surface area contributed by atoms with Crippen LogP contribution in [0.1, 0.15) is 48.7 Å². The summed E-state index contributed by atoms with van der Waals surface area (Å²) in [4.78, 5) is 25.5. The first-order chi connectivity index (χ1) is 15.4. The molecule has 11 heteroatoms. The van der Waals surface area contributed by atoms with E-state index in [0.29, 0.717) is 12.8 Å². The zero-order valence-electron chi connectivity index (χ0n) is 17.8. The van der Waals surface area contributed by atoms with Crippen molar-refractivity contribution in [2.45, 2.75) is 51.9 Å². The van der Waals surface area contributed by atoms with Gasteiger partial charge in [-0.05, 0) is 44.2 Å². The molecule has 1 aromatic carbocycles. The van der Waals surface area contributed by atoms with Crippen LogP contribution in [-0.2, 0) is 35.3 Å². The fraction of sp³-hybridized carbons (Fsp3) is 0.500. The van der Waals surface area contributed by atoms with Crippen molar-refractivity contribution in [3.63, 3.8) is 0 Å². The van der Waals surface area contributed by atoms with Crippen LogP contribution < -0.4 is 0 Å². The van der Waals surface area contributed by atoms with Gasteiger partial charge >= 0.3 is 12.1 Å². The SMILES string of the molecule is CC1(C(=O)O)CC(CC(=O)N2CCc3c(C(F)(F)F)nn(Cc4ccc(Cl)cc4F)c3C2)C1. The number of carboxylic acid groups (broad SMARTS) is 1. The Morgan fingerprint density at radius 2 is 2.00 bits per heavy atom. The first kappa shape index (κ1) is 23.5. The van der Waals surface area contributed by atoms with Gasteiger partial charge < -0.3 is 10.0 Å². The predicted molar refractivity (Wildman–Crippen MR) is 110 cm³/mol. The molecule has 0 atom stereocenters. The van der Waals surface area contributed by atoms with Crippen molar-refractivity contribution in [3.05, 3.63) is 51.6 Å². The lowest BCUT2D eigenvalue weighted by atomic mass is 9.62. The van der Waals surface area contributed by atoms with Crippen molar-refractivity contribution < 1.29 is 32.3 Å². The molecule has 2 heterocycles. The van der Waals surface area contributed by atoms with Gasteiger partial charge in [0.1, 0.15) is 5.82 Å². The monoisotopic (exact) mass is 487 g/mol. The fourth-order valence-electron chi connectivity index (χ4n) is 4.77. The average Bonchev–Trinajstić information content (AvgIpc) is 3.06. The van der Waals surface area contributed by atoms with Crippen LogP contribution in [0.2, 0.25) is 5.02 Å². The molecule has 33 heavy (non-hydrogen) atoms. The van der Waals surface area contributed by atoms with E-state index in [0.717, 1.165) is 10.7 Å². The van der Waals surface area contributed by atoms with Crippen molar-refractivity contribution >= 4 is 23.5 Å². The molecule has 1 aliphatic carbocycles. The Balaban J connectivity index is 1.54. The number of carbonyl (C=O) groups excluding carboxylic acids is 1. The summed E-state index contributed by atoms with van der Waals surface area (Å²) in [5, 5.41) is 13.1. The molecule has 1 aliphatic heterocycles. The van der Waals surface area contributed by atoms with Gasteiger partial charge in [0, 0.05) is 29.1 Å².